The number of piperidine rings is 1. The Bertz CT molecular complexity index is 450. The van der Waals surface area contributed by atoms with Crippen molar-refractivity contribution < 1.29 is 4.79 Å². The van der Waals surface area contributed by atoms with Gasteiger partial charge in [0.15, 0.2) is 0 Å². The van der Waals surface area contributed by atoms with E-state index >= 15 is 0 Å². The number of nitrogens with one attached hydrogen (secondary N) is 1. The van der Waals surface area contributed by atoms with E-state index in [4.69, 9.17) is 5.73 Å². The van der Waals surface area contributed by atoms with Gasteiger partial charge in [-0.25, -0.2) is 0 Å². The second-order valence-corrected chi connectivity index (χ2v) is 6.48. The highest BCUT2D eigenvalue weighted by atomic mass is 79.9. The van der Waals surface area contributed by atoms with Crippen LogP contribution in [-0.2, 0) is 0 Å². The third kappa shape index (κ3) is 4.49. The Labute approximate surface area is 128 Å². The van der Waals surface area contributed by atoms with E-state index in [1.165, 1.54) is 25.9 Å². The van der Waals surface area contributed by atoms with E-state index in [9.17, 15) is 4.79 Å². The normalized spacial score (nSPS) is 17.1. The fourth-order valence-corrected chi connectivity index (χ4v) is 3.10. The molecule has 0 aliphatic carbocycles. The summed E-state index contributed by atoms with van der Waals surface area (Å²) in [4.78, 5) is 14.4. The molecule has 2 rings (SSSR count). The molecule has 1 aromatic rings. The topological polar surface area (TPSA) is 58.4 Å². The minimum absolute atomic E-state index is 0.0501. The summed E-state index contributed by atoms with van der Waals surface area (Å²) in [5.41, 5.74) is 6.95. The Morgan fingerprint density at radius 2 is 2.10 bits per heavy atom. The number of nitrogens with zero attached hydrogens (tertiary/aromatic N) is 1. The van der Waals surface area contributed by atoms with Crippen LogP contribution >= 0.6 is 15.9 Å². The van der Waals surface area contributed by atoms with E-state index < -0.39 is 0 Å². The van der Waals surface area contributed by atoms with Gasteiger partial charge in [-0.3, -0.25) is 4.79 Å². The van der Waals surface area contributed by atoms with Gasteiger partial charge in [-0.15, -0.1) is 0 Å². The van der Waals surface area contributed by atoms with Crippen molar-refractivity contribution in [3.8, 4) is 0 Å². The number of hydrogen-bond acceptors (Lipinski definition) is 3. The summed E-state index contributed by atoms with van der Waals surface area (Å²) in [6.45, 7) is 3.07. The van der Waals surface area contributed by atoms with Crippen molar-refractivity contribution in [2.45, 2.75) is 19.3 Å². The number of likely N-dealkylation sites (tertiary alicyclic amines) is 1. The highest BCUT2D eigenvalue weighted by Crippen LogP contribution is 2.19. The highest BCUT2D eigenvalue weighted by Gasteiger charge is 2.16. The van der Waals surface area contributed by atoms with Gasteiger partial charge in [0.25, 0.3) is 5.91 Å². The largest absolute Gasteiger partial charge is 0.399 e. The van der Waals surface area contributed by atoms with Gasteiger partial charge < -0.3 is 16.0 Å². The fraction of sp³-hybridized carbons (Fsp3) is 0.533. The molecule has 4 nitrogen and oxygen atoms in total. The Morgan fingerprint density at radius 1 is 1.40 bits per heavy atom. The molecule has 0 radical (unpaired) electrons. The number of benzene rings is 1. The van der Waals surface area contributed by atoms with Gasteiger partial charge in [-0.2, -0.15) is 0 Å². The van der Waals surface area contributed by atoms with Crippen LogP contribution in [0, 0.1) is 5.92 Å². The van der Waals surface area contributed by atoms with Crippen molar-refractivity contribution in [2.24, 2.45) is 5.92 Å². The van der Waals surface area contributed by atoms with Crippen LogP contribution in [0.2, 0.25) is 0 Å². The molecule has 5 heteroatoms. The molecule has 0 saturated carbocycles. The summed E-state index contributed by atoms with van der Waals surface area (Å²) in [5, 5.41) is 2.98. The van der Waals surface area contributed by atoms with Crippen LogP contribution in [-0.4, -0.2) is 37.5 Å². The lowest BCUT2D eigenvalue weighted by molar-refractivity contribution is 0.0949. The molecule has 0 spiro atoms. The molecule has 0 unspecified atom stereocenters. The molecule has 0 bridgehead atoms. The molecule has 20 heavy (non-hydrogen) atoms. The molecule has 0 atom stereocenters. The standard InChI is InChI=1S/C15H22BrN3O/c1-19-6-3-11(4-7-19)2-5-18-15(20)12-8-13(16)10-14(17)9-12/h8-11H,2-7,17H2,1H3,(H,18,20). The summed E-state index contributed by atoms with van der Waals surface area (Å²) in [6.07, 6.45) is 3.52. The predicted molar refractivity (Wildman–Crippen MR) is 85.7 cm³/mol. The van der Waals surface area contributed by atoms with Crippen LogP contribution in [0.15, 0.2) is 22.7 Å². The third-order valence-electron chi connectivity index (χ3n) is 3.86. The van der Waals surface area contributed by atoms with Crippen LogP contribution in [0.4, 0.5) is 5.69 Å². The van der Waals surface area contributed by atoms with Crippen LogP contribution in [0.1, 0.15) is 29.6 Å². The van der Waals surface area contributed by atoms with E-state index in [-0.39, 0.29) is 5.91 Å². The van der Waals surface area contributed by atoms with Crippen molar-refractivity contribution in [2.75, 3.05) is 32.4 Å². The molecular weight excluding hydrogens is 318 g/mol. The third-order valence-corrected chi connectivity index (χ3v) is 4.32. The number of nitrogen functional groups attached to an aromatic ring is 1. The Balaban J connectivity index is 1.77. The van der Waals surface area contributed by atoms with Crippen molar-refractivity contribution in [3.63, 3.8) is 0 Å². The minimum Gasteiger partial charge on any atom is -0.399 e. The maximum absolute atomic E-state index is 12.0. The predicted octanol–water partition coefficient (Wildman–Crippen LogP) is 2.49. The first-order chi connectivity index (χ1) is 9.54. The molecule has 1 heterocycles. The number of halogens is 1. The minimum atomic E-state index is -0.0501. The van der Waals surface area contributed by atoms with Crippen molar-refractivity contribution in [3.05, 3.63) is 28.2 Å². The van der Waals surface area contributed by atoms with Gasteiger partial charge in [0.1, 0.15) is 0 Å². The molecule has 3 N–H and O–H groups in total. The first-order valence-corrected chi connectivity index (χ1v) is 7.86. The number of carbonyl (C=O) groups excluding carboxylic acids is 1. The quantitative estimate of drug-likeness (QED) is 0.828. The molecule has 110 valence electrons. The second kappa shape index (κ2) is 7.09. The van der Waals surface area contributed by atoms with Gasteiger partial charge in [-0.1, -0.05) is 15.9 Å². The molecule has 1 aliphatic heterocycles. The summed E-state index contributed by atoms with van der Waals surface area (Å²) in [7, 11) is 2.16. The maximum atomic E-state index is 12.0. The molecular formula is C15H22BrN3O. The van der Waals surface area contributed by atoms with Crippen molar-refractivity contribution in [1.29, 1.82) is 0 Å². The summed E-state index contributed by atoms with van der Waals surface area (Å²) < 4.78 is 0.831. The second-order valence-electron chi connectivity index (χ2n) is 5.56. The Kier molecular flexibility index (Phi) is 5.43. The molecule has 1 fully saturated rings. The lowest BCUT2D eigenvalue weighted by Crippen LogP contribution is -2.32. The number of carbonyl (C=O) groups is 1. The van der Waals surface area contributed by atoms with Gasteiger partial charge in [-0.05, 0) is 63.5 Å². The van der Waals surface area contributed by atoms with E-state index in [0.717, 1.165) is 23.4 Å². The highest BCUT2D eigenvalue weighted by molar-refractivity contribution is 9.10. The van der Waals surface area contributed by atoms with E-state index in [1.54, 1.807) is 18.2 Å². The zero-order chi connectivity index (χ0) is 14.5. The number of anilines is 1. The molecule has 1 aromatic carbocycles. The van der Waals surface area contributed by atoms with E-state index in [2.05, 4.69) is 33.2 Å². The summed E-state index contributed by atoms with van der Waals surface area (Å²) in [5.74, 6) is 0.685. The number of nitrogens with two attached hydrogens (primary N) is 1. The average molecular weight is 340 g/mol. The van der Waals surface area contributed by atoms with Gasteiger partial charge in [0.05, 0.1) is 0 Å². The van der Waals surface area contributed by atoms with Gasteiger partial charge >= 0.3 is 0 Å². The average Bonchev–Trinajstić information content (AvgIpc) is 2.40. The molecule has 1 aliphatic rings. The fourth-order valence-electron chi connectivity index (χ4n) is 2.59. The lowest BCUT2D eigenvalue weighted by Gasteiger charge is -2.28. The van der Waals surface area contributed by atoms with Crippen LogP contribution < -0.4 is 11.1 Å². The Morgan fingerprint density at radius 3 is 2.75 bits per heavy atom. The Hall–Kier alpha value is -1.07. The lowest BCUT2D eigenvalue weighted by atomic mass is 9.94. The monoisotopic (exact) mass is 339 g/mol. The zero-order valence-corrected chi connectivity index (χ0v) is 13.4. The van der Waals surface area contributed by atoms with Crippen molar-refractivity contribution >= 4 is 27.5 Å². The first kappa shape index (κ1) is 15.3. The molecule has 1 amide bonds. The van der Waals surface area contributed by atoms with Gasteiger partial charge in [0, 0.05) is 22.3 Å². The summed E-state index contributed by atoms with van der Waals surface area (Å²) >= 11 is 3.35. The zero-order valence-electron chi connectivity index (χ0n) is 11.9. The first-order valence-electron chi connectivity index (χ1n) is 7.07. The van der Waals surface area contributed by atoms with Crippen LogP contribution in [0.3, 0.4) is 0 Å². The van der Waals surface area contributed by atoms with Gasteiger partial charge in [0.2, 0.25) is 0 Å². The molecule has 1 saturated heterocycles. The van der Waals surface area contributed by atoms with Crippen LogP contribution in [0.5, 0.6) is 0 Å². The molecule has 0 aromatic heterocycles. The summed E-state index contributed by atoms with van der Waals surface area (Å²) in [6, 6.07) is 5.28. The number of rotatable bonds is 4. The number of hydrogen-bond donors (Lipinski definition) is 2. The van der Waals surface area contributed by atoms with E-state index in [0.29, 0.717) is 11.3 Å². The smallest absolute Gasteiger partial charge is 0.251 e. The van der Waals surface area contributed by atoms with Crippen LogP contribution in [0.25, 0.3) is 0 Å². The number of amides is 1. The maximum Gasteiger partial charge on any atom is 0.251 e. The SMILES string of the molecule is CN1CCC(CCNC(=O)c2cc(N)cc(Br)c2)CC1. The van der Waals surface area contributed by atoms with E-state index in [1.807, 2.05) is 0 Å². The van der Waals surface area contributed by atoms with Crippen molar-refractivity contribution in [1.82, 2.24) is 10.2 Å².